The Kier molecular flexibility index (Phi) is 4.35. The number of hydrogen-bond donors (Lipinski definition) is 1. The van der Waals surface area contributed by atoms with Crippen LogP contribution in [0.25, 0.3) is 0 Å². The van der Waals surface area contributed by atoms with Gasteiger partial charge in [-0.15, -0.1) is 0 Å². The average molecular weight is 376 g/mol. The molecule has 1 saturated carbocycles. The number of aromatic nitrogens is 2. The molecule has 1 aromatic carbocycles. The summed E-state index contributed by atoms with van der Waals surface area (Å²) >= 11 is 3.51. The summed E-state index contributed by atoms with van der Waals surface area (Å²) in [6.45, 7) is 0.576. The van der Waals surface area contributed by atoms with Crippen molar-refractivity contribution in [3.63, 3.8) is 0 Å². The number of rotatable bonds is 4. The van der Waals surface area contributed by atoms with Crippen LogP contribution >= 0.6 is 15.9 Å². The predicted octanol–water partition coefficient (Wildman–Crippen LogP) is 2.39. The van der Waals surface area contributed by atoms with E-state index in [1.54, 1.807) is 0 Å². The minimum absolute atomic E-state index is 0.000101. The molecule has 0 bridgehead atoms. The highest BCUT2D eigenvalue weighted by Gasteiger charge is 2.39. The first-order chi connectivity index (χ1) is 11.0. The molecular formula is C17H18BrN3O2. The summed E-state index contributed by atoms with van der Waals surface area (Å²) in [5.41, 5.74) is 1.27. The third-order valence-corrected chi connectivity index (χ3v) is 5.02. The lowest BCUT2D eigenvalue weighted by molar-refractivity contribution is 0.0920. The van der Waals surface area contributed by atoms with E-state index in [-0.39, 0.29) is 22.6 Å². The SMILES string of the molecule is Cn1nc(C(=O)NCC2(c3cccc(Br)c3)CCC2)ccc1=O. The molecule has 1 N–H and O–H groups in total. The molecule has 1 heterocycles. The average Bonchev–Trinajstić information content (AvgIpc) is 2.49. The van der Waals surface area contributed by atoms with Crippen molar-refractivity contribution in [2.45, 2.75) is 24.7 Å². The maximum atomic E-state index is 12.3. The lowest BCUT2D eigenvalue weighted by Gasteiger charge is -2.42. The number of benzene rings is 1. The fraction of sp³-hybridized carbons (Fsp3) is 0.353. The normalized spacial score (nSPS) is 15.7. The first-order valence-electron chi connectivity index (χ1n) is 7.59. The molecule has 1 aromatic heterocycles. The van der Waals surface area contributed by atoms with Gasteiger partial charge in [0, 0.05) is 29.5 Å². The van der Waals surface area contributed by atoms with Crippen LogP contribution < -0.4 is 10.9 Å². The lowest BCUT2D eigenvalue weighted by atomic mass is 9.64. The molecule has 1 amide bonds. The molecule has 1 aliphatic rings. The van der Waals surface area contributed by atoms with Crippen molar-refractivity contribution in [3.05, 3.63) is 62.5 Å². The molecule has 0 aliphatic heterocycles. The fourth-order valence-electron chi connectivity index (χ4n) is 2.95. The first-order valence-corrected chi connectivity index (χ1v) is 8.38. The maximum Gasteiger partial charge on any atom is 0.271 e. The standard InChI is InChI=1S/C17H18BrN3O2/c1-21-15(22)7-6-14(20-21)16(23)19-11-17(8-3-9-17)12-4-2-5-13(18)10-12/h2,4-7,10H,3,8-9,11H2,1H3,(H,19,23). The van der Waals surface area contributed by atoms with E-state index in [9.17, 15) is 9.59 Å². The molecule has 0 unspecified atom stereocenters. The molecule has 120 valence electrons. The van der Waals surface area contributed by atoms with Crippen molar-refractivity contribution in [2.24, 2.45) is 7.05 Å². The van der Waals surface area contributed by atoms with Crippen molar-refractivity contribution in [2.75, 3.05) is 6.54 Å². The molecule has 2 aromatic rings. The Bertz CT molecular complexity index is 796. The molecule has 1 aliphatic carbocycles. The largest absolute Gasteiger partial charge is 0.350 e. The Hall–Kier alpha value is -1.95. The number of amides is 1. The number of carbonyl (C=O) groups excluding carboxylic acids is 1. The Morgan fingerprint density at radius 3 is 2.74 bits per heavy atom. The van der Waals surface area contributed by atoms with Gasteiger partial charge < -0.3 is 5.32 Å². The van der Waals surface area contributed by atoms with Crippen LogP contribution in [0.4, 0.5) is 0 Å². The van der Waals surface area contributed by atoms with Crippen LogP contribution in [-0.4, -0.2) is 22.2 Å². The van der Waals surface area contributed by atoms with Crippen LogP contribution in [-0.2, 0) is 12.5 Å². The smallest absolute Gasteiger partial charge is 0.271 e. The van der Waals surface area contributed by atoms with E-state index >= 15 is 0 Å². The quantitative estimate of drug-likeness (QED) is 0.891. The first kappa shape index (κ1) is 15.9. The topological polar surface area (TPSA) is 64.0 Å². The minimum atomic E-state index is -0.248. The number of aryl methyl sites for hydroxylation is 1. The van der Waals surface area contributed by atoms with Gasteiger partial charge in [-0.2, -0.15) is 5.10 Å². The van der Waals surface area contributed by atoms with Crippen LogP contribution in [0.3, 0.4) is 0 Å². The third-order valence-electron chi connectivity index (χ3n) is 4.53. The van der Waals surface area contributed by atoms with Crippen LogP contribution in [0.2, 0.25) is 0 Å². The number of nitrogens with one attached hydrogen (secondary N) is 1. The highest BCUT2D eigenvalue weighted by molar-refractivity contribution is 9.10. The van der Waals surface area contributed by atoms with E-state index in [1.165, 1.54) is 35.8 Å². The minimum Gasteiger partial charge on any atom is -0.350 e. The summed E-state index contributed by atoms with van der Waals surface area (Å²) in [6.07, 6.45) is 3.29. The van der Waals surface area contributed by atoms with Gasteiger partial charge in [-0.3, -0.25) is 9.59 Å². The second kappa shape index (κ2) is 6.28. The van der Waals surface area contributed by atoms with E-state index in [2.05, 4.69) is 38.5 Å². The van der Waals surface area contributed by atoms with Crippen LogP contribution in [0, 0.1) is 0 Å². The second-order valence-electron chi connectivity index (χ2n) is 6.01. The summed E-state index contributed by atoms with van der Waals surface area (Å²) < 4.78 is 2.22. The molecule has 0 radical (unpaired) electrons. The van der Waals surface area contributed by atoms with Gasteiger partial charge in [-0.05, 0) is 36.6 Å². The molecule has 1 fully saturated rings. The Morgan fingerprint density at radius 1 is 1.35 bits per heavy atom. The van der Waals surface area contributed by atoms with E-state index in [0.717, 1.165) is 17.3 Å². The Morgan fingerprint density at radius 2 is 2.13 bits per heavy atom. The van der Waals surface area contributed by atoms with Gasteiger partial charge in [0.15, 0.2) is 0 Å². The highest BCUT2D eigenvalue weighted by Crippen LogP contribution is 2.43. The summed E-state index contributed by atoms with van der Waals surface area (Å²) in [5, 5.41) is 6.96. The molecule has 0 atom stereocenters. The van der Waals surface area contributed by atoms with Gasteiger partial charge in [-0.25, -0.2) is 4.68 Å². The fourth-order valence-corrected chi connectivity index (χ4v) is 3.35. The predicted molar refractivity (Wildman–Crippen MR) is 91.5 cm³/mol. The molecule has 3 rings (SSSR count). The van der Waals surface area contributed by atoms with Crippen LogP contribution in [0.5, 0.6) is 0 Å². The zero-order chi connectivity index (χ0) is 16.4. The Balaban J connectivity index is 1.74. The lowest BCUT2D eigenvalue weighted by Crippen LogP contribution is -2.46. The van der Waals surface area contributed by atoms with Gasteiger partial charge in [0.2, 0.25) is 0 Å². The van der Waals surface area contributed by atoms with E-state index in [0.29, 0.717) is 6.54 Å². The summed E-state index contributed by atoms with van der Waals surface area (Å²) in [7, 11) is 1.54. The van der Waals surface area contributed by atoms with Crippen molar-refractivity contribution >= 4 is 21.8 Å². The monoisotopic (exact) mass is 375 g/mol. The molecule has 23 heavy (non-hydrogen) atoms. The number of nitrogens with zero attached hydrogens (tertiary/aromatic N) is 2. The zero-order valence-electron chi connectivity index (χ0n) is 12.9. The highest BCUT2D eigenvalue weighted by atomic mass is 79.9. The molecule has 0 saturated heterocycles. The molecule has 0 spiro atoms. The molecule has 6 heteroatoms. The van der Waals surface area contributed by atoms with Crippen molar-refractivity contribution in [1.29, 1.82) is 0 Å². The Labute approximate surface area is 142 Å². The van der Waals surface area contributed by atoms with E-state index in [4.69, 9.17) is 0 Å². The number of hydrogen-bond acceptors (Lipinski definition) is 3. The number of carbonyl (C=O) groups is 1. The number of halogens is 1. The third kappa shape index (κ3) is 3.22. The van der Waals surface area contributed by atoms with Gasteiger partial charge in [-0.1, -0.05) is 34.5 Å². The van der Waals surface area contributed by atoms with Gasteiger partial charge in [0.25, 0.3) is 11.5 Å². The maximum absolute atomic E-state index is 12.3. The van der Waals surface area contributed by atoms with Gasteiger partial charge in [0.05, 0.1) is 0 Å². The molecule has 5 nitrogen and oxygen atoms in total. The van der Waals surface area contributed by atoms with Crippen LogP contribution in [0.15, 0.2) is 45.7 Å². The van der Waals surface area contributed by atoms with Gasteiger partial charge >= 0.3 is 0 Å². The summed E-state index contributed by atoms with van der Waals surface area (Å²) in [6, 6.07) is 11.1. The summed E-state index contributed by atoms with van der Waals surface area (Å²) in [5.74, 6) is -0.248. The van der Waals surface area contributed by atoms with E-state index in [1.807, 2.05) is 12.1 Å². The van der Waals surface area contributed by atoms with Crippen molar-refractivity contribution < 1.29 is 4.79 Å². The summed E-state index contributed by atoms with van der Waals surface area (Å²) in [4.78, 5) is 23.6. The van der Waals surface area contributed by atoms with E-state index < -0.39 is 0 Å². The zero-order valence-corrected chi connectivity index (χ0v) is 14.5. The van der Waals surface area contributed by atoms with Crippen molar-refractivity contribution in [1.82, 2.24) is 15.1 Å². The van der Waals surface area contributed by atoms with Gasteiger partial charge in [0.1, 0.15) is 5.69 Å². The second-order valence-corrected chi connectivity index (χ2v) is 6.92. The molecular weight excluding hydrogens is 358 g/mol. The van der Waals surface area contributed by atoms with Crippen molar-refractivity contribution in [3.8, 4) is 0 Å². The van der Waals surface area contributed by atoms with Crippen LogP contribution in [0.1, 0.15) is 35.3 Å².